The number of benzene rings is 2. The molecule has 0 aliphatic heterocycles. The van der Waals surface area contributed by atoms with E-state index in [0.717, 1.165) is 21.0 Å². The molecule has 6 nitrogen and oxygen atoms in total. The van der Waals surface area contributed by atoms with Gasteiger partial charge in [0.2, 0.25) is 15.9 Å². The maximum absolute atomic E-state index is 12.6. The van der Waals surface area contributed by atoms with Crippen molar-refractivity contribution >= 4 is 15.9 Å². The van der Waals surface area contributed by atoms with Gasteiger partial charge in [-0.25, -0.2) is 8.42 Å². The summed E-state index contributed by atoms with van der Waals surface area (Å²) in [6, 6.07) is 11.9. The van der Waals surface area contributed by atoms with E-state index in [1.165, 1.54) is 26.3 Å². The van der Waals surface area contributed by atoms with Crippen molar-refractivity contribution in [2.75, 3.05) is 20.7 Å². The normalized spacial score (nSPS) is 12.7. The van der Waals surface area contributed by atoms with Crippen LogP contribution in [0.15, 0.2) is 47.4 Å². The van der Waals surface area contributed by atoms with Crippen LogP contribution < -0.4 is 10.1 Å². The van der Waals surface area contributed by atoms with Gasteiger partial charge in [-0.05, 0) is 56.2 Å². The van der Waals surface area contributed by atoms with Gasteiger partial charge in [0.05, 0.1) is 24.6 Å². The first-order chi connectivity index (χ1) is 12.6. The van der Waals surface area contributed by atoms with E-state index in [0.29, 0.717) is 5.75 Å². The van der Waals surface area contributed by atoms with Crippen LogP contribution in [-0.4, -0.2) is 39.3 Å². The first-order valence-electron chi connectivity index (χ1n) is 8.62. The Kier molecular flexibility index (Phi) is 6.62. The minimum atomic E-state index is -3.76. The molecule has 0 spiro atoms. The predicted molar refractivity (Wildman–Crippen MR) is 105 cm³/mol. The second-order valence-corrected chi connectivity index (χ2v) is 8.63. The number of carbonyl (C=O) groups excluding carboxylic acids is 1. The summed E-state index contributed by atoms with van der Waals surface area (Å²) in [5.41, 5.74) is 3.20. The molecule has 0 saturated carbocycles. The Hall–Kier alpha value is -2.38. The summed E-state index contributed by atoms with van der Waals surface area (Å²) in [4.78, 5) is 12.5. The Morgan fingerprint density at radius 3 is 2.37 bits per heavy atom. The molecule has 7 heteroatoms. The number of hydrogen-bond donors (Lipinski definition) is 1. The summed E-state index contributed by atoms with van der Waals surface area (Å²) < 4.78 is 31.3. The molecule has 0 heterocycles. The number of nitrogens with one attached hydrogen (secondary N) is 1. The Balaban J connectivity index is 2.06. The molecule has 0 aliphatic carbocycles. The van der Waals surface area contributed by atoms with Crippen LogP contribution in [0.1, 0.15) is 29.7 Å². The third-order valence-corrected chi connectivity index (χ3v) is 6.23. The van der Waals surface area contributed by atoms with E-state index < -0.39 is 10.0 Å². The van der Waals surface area contributed by atoms with Crippen LogP contribution >= 0.6 is 0 Å². The predicted octanol–water partition coefficient (Wildman–Crippen LogP) is 2.81. The average molecular weight is 391 g/mol. The number of nitrogens with zero attached hydrogens (tertiary/aromatic N) is 1. The van der Waals surface area contributed by atoms with Crippen molar-refractivity contribution in [2.45, 2.75) is 31.7 Å². The first kappa shape index (κ1) is 20.9. The minimum absolute atomic E-state index is 0.112. The molecule has 0 aromatic heterocycles. The molecule has 1 atom stereocenters. The van der Waals surface area contributed by atoms with Gasteiger partial charge in [0, 0.05) is 7.05 Å². The first-order valence-corrected chi connectivity index (χ1v) is 10.1. The third-order valence-electron chi connectivity index (χ3n) is 4.41. The number of likely N-dealkylation sites (N-methyl/N-ethyl adjacent to an activating group) is 1. The molecule has 1 amide bonds. The quantitative estimate of drug-likeness (QED) is 0.789. The zero-order chi connectivity index (χ0) is 20.2. The highest BCUT2D eigenvalue weighted by Crippen LogP contribution is 2.20. The lowest BCUT2D eigenvalue weighted by atomic mass is 10.00. The Morgan fingerprint density at radius 1 is 1.15 bits per heavy atom. The van der Waals surface area contributed by atoms with Crippen LogP contribution in [0.2, 0.25) is 0 Å². The van der Waals surface area contributed by atoms with Crippen molar-refractivity contribution in [2.24, 2.45) is 0 Å². The second kappa shape index (κ2) is 8.54. The van der Waals surface area contributed by atoms with Gasteiger partial charge in [-0.2, -0.15) is 4.31 Å². The number of rotatable bonds is 7. The lowest BCUT2D eigenvalue weighted by Gasteiger charge is -2.21. The molecule has 0 saturated heterocycles. The van der Waals surface area contributed by atoms with Crippen molar-refractivity contribution in [3.63, 3.8) is 0 Å². The maximum Gasteiger partial charge on any atom is 0.243 e. The summed E-state index contributed by atoms with van der Waals surface area (Å²) >= 11 is 0. The van der Waals surface area contributed by atoms with Crippen LogP contribution in [0.5, 0.6) is 5.75 Å². The topological polar surface area (TPSA) is 75.7 Å². The van der Waals surface area contributed by atoms with Gasteiger partial charge in [-0.3, -0.25) is 4.79 Å². The number of methoxy groups -OCH3 is 1. The highest BCUT2D eigenvalue weighted by molar-refractivity contribution is 7.89. The van der Waals surface area contributed by atoms with Crippen molar-refractivity contribution < 1.29 is 17.9 Å². The Morgan fingerprint density at radius 2 is 1.78 bits per heavy atom. The van der Waals surface area contributed by atoms with E-state index >= 15 is 0 Å². The van der Waals surface area contributed by atoms with Gasteiger partial charge in [-0.1, -0.05) is 23.8 Å². The summed E-state index contributed by atoms with van der Waals surface area (Å²) in [7, 11) is -0.856. The summed E-state index contributed by atoms with van der Waals surface area (Å²) in [5.74, 6) is 0.208. The van der Waals surface area contributed by atoms with Crippen LogP contribution in [-0.2, 0) is 14.8 Å². The molecule has 0 unspecified atom stereocenters. The zero-order valence-electron chi connectivity index (χ0n) is 16.3. The molecule has 146 valence electrons. The van der Waals surface area contributed by atoms with E-state index in [1.54, 1.807) is 12.1 Å². The standard InChI is InChI=1S/C20H26N2O4S/c1-14-6-7-15(2)19(12-14)16(3)21-20(23)13-22(4)27(24,25)18-10-8-17(26-5)9-11-18/h6-12,16H,13H2,1-5H3,(H,21,23)/t16-/m0/s1. The SMILES string of the molecule is COc1ccc(S(=O)(=O)N(C)CC(=O)N[C@@H](C)c2cc(C)ccc2C)cc1. The van der Waals surface area contributed by atoms with Crippen molar-refractivity contribution in [1.29, 1.82) is 0 Å². The van der Waals surface area contributed by atoms with E-state index in [2.05, 4.69) is 5.32 Å². The number of sulfonamides is 1. The fourth-order valence-electron chi connectivity index (χ4n) is 2.81. The van der Waals surface area contributed by atoms with Crippen molar-refractivity contribution in [3.05, 3.63) is 59.2 Å². The lowest BCUT2D eigenvalue weighted by Crippen LogP contribution is -2.39. The number of amides is 1. The fourth-order valence-corrected chi connectivity index (χ4v) is 3.93. The number of hydrogen-bond acceptors (Lipinski definition) is 4. The summed E-state index contributed by atoms with van der Waals surface area (Å²) in [5, 5.41) is 2.87. The van der Waals surface area contributed by atoms with Gasteiger partial charge < -0.3 is 10.1 Å². The molecule has 0 fully saturated rings. The zero-order valence-corrected chi connectivity index (χ0v) is 17.1. The molecule has 27 heavy (non-hydrogen) atoms. The van der Waals surface area contributed by atoms with Gasteiger partial charge in [0.25, 0.3) is 0 Å². The third kappa shape index (κ3) is 5.08. The fraction of sp³-hybridized carbons (Fsp3) is 0.350. The van der Waals surface area contributed by atoms with Crippen LogP contribution in [0.25, 0.3) is 0 Å². The summed E-state index contributed by atoms with van der Waals surface area (Å²) in [6.07, 6.45) is 0. The molecular formula is C20H26N2O4S. The number of ether oxygens (including phenoxy) is 1. The largest absolute Gasteiger partial charge is 0.497 e. The monoisotopic (exact) mass is 390 g/mol. The summed E-state index contributed by atoms with van der Waals surface area (Å²) in [6.45, 7) is 5.60. The lowest BCUT2D eigenvalue weighted by molar-refractivity contribution is -0.121. The maximum atomic E-state index is 12.6. The number of carbonyl (C=O) groups is 1. The van der Waals surface area contributed by atoms with E-state index in [9.17, 15) is 13.2 Å². The highest BCUT2D eigenvalue weighted by Gasteiger charge is 2.24. The van der Waals surface area contributed by atoms with Gasteiger partial charge >= 0.3 is 0 Å². The second-order valence-electron chi connectivity index (χ2n) is 6.59. The molecular weight excluding hydrogens is 364 g/mol. The van der Waals surface area contributed by atoms with E-state index in [-0.39, 0.29) is 23.4 Å². The highest BCUT2D eigenvalue weighted by atomic mass is 32.2. The Labute approximate surface area is 161 Å². The van der Waals surface area contributed by atoms with Gasteiger partial charge in [0.1, 0.15) is 5.75 Å². The van der Waals surface area contributed by atoms with Gasteiger partial charge in [-0.15, -0.1) is 0 Å². The van der Waals surface area contributed by atoms with Crippen molar-refractivity contribution in [1.82, 2.24) is 9.62 Å². The Bertz CT molecular complexity index is 908. The van der Waals surface area contributed by atoms with E-state index in [1.807, 2.05) is 39.0 Å². The minimum Gasteiger partial charge on any atom is -0.497 e. The van der Waals surface area contributed by atoms with Crippen molar-refractivity contribution in [3.8, 4) is 5.75 Å². The average Bonchev–Trinajstić information content (AvgIpc) is 2.63. The van der Waals surface area contributed by atoms with Crippen LogP contribution in [0.3, 0.4) is 0 Å². The molecule has 2 aromatic rings. The molecule has 0 aliphatic rings. The van der Waals surface area contributed by atoms with E-state index in [4.69, 9.17) is 4.74 Å². The smallest absolute Gasteiger partial charge is 0.243 e. The molecule has 1 N–H and O–H groups in total. The molecule has 2 rings (SSSR count). The number of aryl methyl sites for hydroxylation is 2. The molecule has 2 aromatic carbocycles. The molecule has 0 bridgehead atoms. The van der Waals surface area contributed by atoms with Gasteiger partial charge in [0.15, 0.2) is 0 Å². The van der Waals surface area contributed by atoms with Crippen LogP contribution in [0.4, 0.5) is 0 Å². The van der Waals surface area contributed by atoms with Crippen LogP contribution in [0, 0.1) is 13.8 Å². The molecule has 0 radical (unpaired) electrons.